The second kappa shape index (κ2) is 20.0. The molecule has 16 nitrogen and oxygen atoms in total. The second-order valence-corrected chi connectivity index (χ2v) is 19.6. The van der Waals surface area contributed by atoms with Gasteiger partial charge in [0, 0.05) is 92.8 Å². The van der Waals surface area contributed by atoms with Gasteiger partial charge >= 0.3 is 12.0 Å². The van der Waals surface area contributed by atoms with E-state index in [-0.39, 0.29) is 37.0 Å². The number of fused-ring (bicyclic) bond motifs is 6. The number of aryl methyl sites for hydroxylation is 1. The Bertz CT molecular complexity index is 2550. The summed E-state index contributed by atoms with van der Waals surface area (Å²) in [6.45, 7) is 15.4. The van der Waals surface area contributed by atoms with E-state index in [4.69, 9.17) is 19.4 Å². The van der Waals surface area contributed by atoms with Gasteiger partial charge in [0.05, 0.1) is 40.8 Å². The van der Waals surface area contributed by atoms with Gasteiger partial charge < -0.3 is 34.1 Å². The van der Waals surface area contributed by atoms with Crippen molar-refractivity contribution in [1.82, 2.24) is 45.0 Å². The Morgan fingerprint density at radius 1 is 1.14 bits per heavy atom. The van der Waals surface area contributed by atoms with E-state index in [1.807, 2.05) is 32.2 Å². The Labute approximate surface area is 391 Å². The molecule has 2 fully saturated rings. The normalized spacial score (nSPS) is 19.8. The number of thiazole rings is 1. The monoisotopic (exact) mass is 921 g/mol. The SMILES string of the molecule is CC#CC(=O)N1CC(N(C)C(=O)N(C)[C@H](C(=O)N[C@H]2Cc3nc(cs3)-c3ccc4c(c3)c(c(-c3cccnc3[C@H](C)OC)n4CC)CC(C)(C)COC(=O)[C@@H]3CCCN(N3)C2=O)C(C)C)C1. The van der Waals surface area contributed by atoms with Gasteiger partial charge in [0.1, 0.15) is 18.1 Å². The number of amides is 5. The van der Waals surface area contributed by atoms with Crippen LogP contribution in [0.4, 0.5) is 4.79 Å². The third-order valence-electron chi connectivity index (χ3n) is 13.0. The fraction of sp³-hybridized carbons (Fsp3) is 0.531. The number of rotatable bonds is 9. The third kappa shape index (κ3) is 9.82. The van der Waals surface area contributed by atoms with E-state index in [9.17, 15) is 24.0 Å². The molecule has 3 aliphatic rings. The highest BCUT2D eigenvalue weighted by Crippen LogP contribution is 2.42. The highest BCUT2D eigenvalue weighted by atomic mass is 32.1. The van der Waals surface area contributed by atoms with E-state index < -0.39 is 47.4 Å². The van der Waals surface area contributed by atoms with E-state index in [1.165, 1.54) is 21.2 Å². The van der Waals surface area contributed by atoms with Gasteiger partial charge in [-0.15, -0.1) is 11.3 Å². The van der Waals surface area contributed by atoms with E-state index in [2.05, 4.69) is 72.2 Å². The van der Waals surface area contributed by atoms with E-state index in [0.29, 0.717) is 50.4 Å². The summed E-state index contributed by atoms with van der Waals surface area (Å²) in [5.41, 5.74) is 9.23. The predicted octanol–water partition coefficient (Wildman–Crippen LogP) is 5.44. The van der Waals surface area contributed by atoms with Crippen LogP contribution in [0, 0.1) is 23.2 Å². The van der Waals surface area contributed by atoms with Crippen LogP contribution in [0.5, 0.6) is 0 Å². The first-order chi connectivity index (χ1) is 31.5. The molecule has 352 valence electrons. The molecule has 5 amide bonds. The smallest absolute Gasteiger partial charge is 0.324 e. The van der Waals surface area contributed by atoms with Crippen LogP contribution in [0.1, 0.15) is 83.7 Å². The summed E-state index contributed by atoms with van der Waals surface area (Å²) in [4.78, 5) is 83.5. The summed E-state index contributed by atoms with van der Waals surface area (Å²) in [5, 5.41) is 8.07. The van der Waals surface area contributed by atoms with E-state index >= 15 is 0 Å². The number of carbonyl (C=O) groups is 5. The van der Waals surface area contributed by atoms with E-state index in [0.717, 1.165) is 44.7 Å². The van der Waals surface area contributed by atoms with Crippen LogP contribution in [-0.4, -0.2) is 136 Å². The lowest BCUT2D eigenvalue weighted by atomic mass is 9.84. The third-order valence-corrected chi connectivity index (χ3v) is 13.9. The topological polar surface area (TPSA) is 172 Å². The van der Waals surface area contributed by atoms with Crippen LogP contribution < -0.4 is 10.7 Å². The standard InChI is InChI=1S/C49H63N9O7S/c1-11-15-41(59)56-25-32(26-56)54(8)48(63)55(9)43(29(3)4)45(60)52-37-23-40-51-38(27-66-40)31-18-19-39-34(22-31)35(44(57(39)12-2)33-16-13-20-50-42(33)30(5)64-10)24-49(6,7)28-65-47(62)36-17-14-21-58(53-36)46(37)61/h13,16,18-20,22,27,29-30,32,36-37,43,53H,12,14,17,21,23-26,28H2,1-10H3,(H,52,60)/t30-,36-,37-,43-/m0/s1. The molecule has 4 atom stereocenters. The van der Waals surface area contributed by atoms with Gasteiger partial charge in [-0.3, -0.25) is 29.2 Å². The molecular weight excluding hydrogens is 859 g/mol. The highest BCUT2D eigenvalue weighted by Gasteiger charge is 2.41. The van der Waals surface area contributed by atoms with Crippen molar-refractivity contribution < 1.29 is 33.4 Å². The van der Waals surface area contributed by atoms with Crippen molar-refractivity contribution in [3.05, 3.63) is 58.2 Å². The Balaban J connectivity index is 1.24. The number of ether oxygens (including phenoxy) is 2. The highest BCUT2D eigenvalue weighted by molar-refractivity contribution is 7.10. The molecule has 1 aromatic carbocycles. The predicted molar refractivity (Wildman–Crippen MR) is 253 cm³/mol. The van der Waals surface area contributed by atoms with Gasteiger partial charge in [-0.2, -0.15) is 0 Å². The average molecular weight is 922 g/mol. The molecular formula is C49H63N9O7S. The van der Waals surface area contributed by atoms with Crippen LogP contribution in [-0.2, 0) is 48.0 Å². The number of hydrogen-bond donors (Lipinski definition) is 2. The molecule has 2 N–H and O–H groups in total. The number of nitrogens with zero attached hydrogens (tertiary/aromatic N) is 7. The Morgan fingerprint density at radius 3 is 2.59 bits per heavy atom. The van der Waals surface area contributed by atoms with Crippen molar-refractivity contribution >= 4 is 52.0 Å². The molecule has 3 aromatic heterocycles. The lowest BCUT2D eigenvalue weighted by Crippen LogP contribution is -2.65. The first-order valence-corrected chi connectivity index (χ1v) is 23.7. The number of urea groups is 1. The van der Waals surface area contributed by atoms with Crippen molar-refractivity contribution in [1.29, 1.82) is 0 Å². The number of carbonyl (C=O) groups excluding carboxylic acids is 5. The number of likely N-dealkylation sites (N-methyl/N-ethyl adjacent to an activating group) is 2. The Morgan fingerprint density at radius 2 is 1.89 bits per heavy atom. The fourth-order valence-electron chi connectivity index (χ4n) is 9.32. The number of hydrogen-bond acceptors (Lipinski definition) is 11. The molecule has 7 rings (SSSR count). The Hall–Kier alpha value is -5.83. The minimum Gasteiger partial charge on any atom is -0.464 e. The molecule has 0 unspecified atom stereocenters. The van der Waals surface area contributed by atoms with Crippen LogP contribution >= 0.6 is 11.3 Å². The van der Waals surface area contributed by atoms with Gasteiger partial charge in [0.25, 0.3) is 11.8 Å². The summed E-state index contributed by atoms with van der Waals surface area (Å²) >= 11 is 1.40. The maximum absolute atomic E-state index is 14.6. The summed E-state index contributed by atoms with van der Waals surface area (Å²) < 4.78 is 14.2. The summed E-state index contributed by atoms with van der Waals surface area (Å²) in [5.74, 6) is 3.12. The molecule has 0 radical (unpaired) electrons. The number of likely N-dealkylation sites (tertiary alicyclic amines) is 1. The van der Waals surface area contributed by atoms with Gasteiger partial charge in [-0.25, -0.2) is 15.2 Å². The van der Waals surface area contributed by atoms with Crippen LogP contribution in [0.25, 0.3) is 33.4 Å². The zero-order chi connectivity index (χ0) is 47.6. The fourth-order valence-corrected chi connectivity index (χ4v) is 10.2. The lowest BCUT2D eigenvalue weighted by molar-refractivity contribution is -0.155. The number of cyclic esters (lactones) is 1. The van der Waals surface area contributed by atoms with Gasteiger partial charge in [0.2, 0.25) is 5.91 Å². The molecule has 4 aromatic rings. The molecule has 66 heavy (non-hydrogen) atoms. The van der Waals surface area contributed by atoms with Gasteiger partial charge in [-0.1, -0.05) is 39.7 Å². The molecule has 0 aliphatic carbocycles. The first-order valence-electron chi connectivity index (χ1n) is 22.8. The number of methoxy groups -OCH3 is 1. The summed E-state index contributed by atoms with van der Waals surface area (Å²) in [6.07, 6.45) is 3.16. The maximum atomic E-state index is 14.6. The number of aromatic nitrogens is 3. The number of pyridine rings is 1. The maximum Gasteiger partial charge on any atom is 0.324 e. The largest absolute Gasteiger partial charge is 0.464 e. The van der Waals surface area contributed by atoms with Crippen molar-refractivity contribution in [3.63, 3.8) is 0 Å². The molecule has 17 heteroatoms. The molecule has 0 spiro atoms. The van der Waals surface area contributed by atoms with Crippen LogP contribution in [0.15, 0.2) is 41.9 Å². The van der Waals surface area contributed by atoms with Crippen molar-refractivity contribution in [2.45, 2.75) is 111 Å². The molecule has 6 heterocycles. The van der Waals surface area contributed by atoms with E-state index in [1.54, 1.807) is 44.1 Å². The first kappa shape index (κ1) is 48.1. The summed E-state index contributed by atoms with van der Waals surface area (Å²) in [6, 6.07) is 6.93. The second-order valence-electron chi connectivity index (χ2n) is 18.7. The average Bonchev–Trinajstić information content (AvgIpc) is 3.87. The molecule has 3 aliphatic heterocycles. The molecule has 0 saturated carbocycles. The van der Waals surface area contributed by atoms with Gasteiger partial charge in [0.15, 0.2) is 0 Å². The van der Waals surface area contributed by atoms with Crippen molar-refractivity contribution in [2.75, 3.05) is 47.4 Å². The number of benzene rings is 1. The van der Waals surface area contributed by atoms with Crippen LogP contribution in [0.3, 0.4) is 0 Å². The van der Waals surface area contributed by atoms with Crippen molar-refractivity contribution in [2.24, 2.45) is 11.3 Å². The van der Waals surface area contributed by atoms with Crippen LogP contribution in [0.2, 0.25) is 0 Å². The molecule has 6 bridgehead atoms. The minimum atomic E-state index is -1.09. The number of esters is 1. The number of hydrazine groups is 1. The molecule has 2 saturated heterocycles. The van der Waals surface area contributed by atoms with Crippen molar-refractivity contribution in [3.8, 4) is 34.4 Å². The lowest BCUT2D eigenvalue weighted by Gasteiger charge is -2.45. The summed E-state index contributed by atoms with van der Waals surface area (Å²) in [7, 11) is 4.91. The quantitative estimate of drug-likeness (QED) is 0.163. The zero-order valence-electron chi connectivity index (χ0n) is 39.8. The minimum absolute atomic E-state index is 0.0665. The Kier molecular flexibility index (Phi) is 14.5. The number of nitrogens with one attached hydrogen (secondary N) is 2. The van der Waals surface area contributed by atoms with Gasteiger partial charge in [-0.05, 0) is 81.7 Å². The zero-order valence-corrected chi connectivity index (χ0v) is 40.6.